The van der Waals surface area contributed by atoms with Crippen LogP contribution in [0.25, 0.3) is 11.4 Å². The normalized spacial score (nSPS) is 20.1. The standard InChI is InChI=1S/C20H27N5O3/c1-4-12(2)22-20(26)25-8-7-15-14(11-25)10-21-13(3)17(15)18-23-19(28-24-18)16-6-5-9-27-16/h10,12,16H,4-9,11H2,1-3H3,(H,22,26)/t12-,16-/m0/s1. The van der Waals surface area contributed by atoms with Crippen LogP contribution >= 0.6 is 0 Å². The number of ether oxygens (including phenoxy) is 1. The number of nitrogens with one attached hydrogen (secondary N) is 1. The minimum absolute atomic E-state index is 0.0256. The number of hydrogen-bond donors (Lipinski definition) is 1. The van der Waals surface area contributed by atoms with Gasteiger partial charge in [-0.3, -0.25) is 4.98 Å². The molecule has 1 saturated heterocycles. The summed E-state index contributed by atoms with van der Waals surface area (Å²) in [5, 5.41) is 7.24. The second kappa shape index (κ2) is 7.87. The van der Waals surface area contributed by atoms with Crippen molar-refractivity contribution in [3.05, 3.63) is 28.9 Å². The van der Waals surface area contributed by atoms with Gasteiger partial charge in [0.05, 0.1) is 0 Å². The minimum atomic E-state index is -0.103. The number of aryl methyl sites for hydroxylation is 1. The molecule has 0 spiro atoms. The first-order valence-corrected chi connectivity index (χ1v) is 10.0. The summed E-state index contributed by atoms with van der Waals surface area (Å²) in [7, 11) is 0. The summed E-state index contributed by atoms with van der Waals surface area (Å²) in [5.41, 5.74) is 3.98. The summed E-state index contributed by atoms with van der Waals surface area (Å²) in [5.74, 6) is 1.10. The third-order valence-electron chi connectivity index (χ3n) is 5.60. The molecule has 2 amide bonds. The Labute approximate surface area is 164 Å². The van der Waals surface area contributed by atoms with Crippen molar-refractivity contribution in [2.45, 2.75) is 65.1 Å². The summed E-state index contributed by atoms with van der Waals surface area (Å²) in [6.45, 7) is 7.96. The van der Waals surface area contributed by atoms with E-state index in [1.165, 1.54) is 0 Å². The van der Waals surface area contributed by atoms with E-state index in [-0.39, 0.29) is 18.2 Å². The molecule has 0 radical (unpaired) electrons. The zero-order chi connectivity index (χ0) is 19.7. The lowest BCUT2D eigenvalue weighted by atomic mass is 9.94. The first-order valence-electron chi connectivity index (χ1n) is 10.0. The number of urea groups is 1. The first kappa shape index (κ1) is 18.9. The minimum Gasteiger partial charge on any atom is -0.368 e. The maximum atomic E-state index is 12.5. The van der Waals surface area contributed by atoms with E-state index in [9.17, 15) is 4.79 Å². The van der Waals surface area contributed by atoms with E-state index in [4.69, 9.17) is 9.26 Å². The Morgan fingerprint density at radius 3 is 3.07 bits per heavy atom. The van der Waals surface area contributed by atoms with E-state index in [2.05, 4.69) is 27.4 Å². The van der Waals surface area contributed by atoms with Gasteiger partial charge in [0.1, 0.15) is 6.10 Å². The van der Waals surface area contributed by atoms with Crippen molar-refractivity contribution in [3.63, 3.8) is 0 Å². The van der Waals surface area contributed by atoms with Crippen LogP contribution < -0.4 is 5.32 Å². The Hall–Kier alpha value is -2.48. The zero-order valence-electron chi connectivity index (χ0n) is 16.7. The number of pyridine rings is 1. The zero-order valence-corrected chi connectivity index (χ0v) is 16.7. The van der Waals surface area contributed by atoms with Crippen molar-refractivity contribution in [3.8, 4) is 11.4 Å². The summed E-state index contributed by atoms with van der Waals surface area (Å²) in [6, 6.07) is 0.138. The number of carbonyl (C=O) groups is 1. The Morgan fingerprint density at radius 2 is 2.32 bits per heavy atom. The molecule has 0 aliphatic carbocycles. The molecular weight excluding hydrogens is 358 g/mol. The average Bonchev–Trinajstić information content (AvgIpc) is 3.39. The predicted molar refractivity (Wildman–Crippen MR) is 103 cm³/mol. The van der Waals surface area contributed by atoms with E-state index in [0.29, 0.717) is 24.8 Å². The van der Waals surface area contributed by atoms with Crippen molar-refractivity contribution in [1.82, 2.24) is 25.3 Å². The molecule has 0 bridgehead atoms. The van der Waals surface area contributed by atoms with Crippen LogP contribution in [-0.2, 0) is 17.7 Å². The van der Waals surface area contributed by atoms with Gasteiger partial charge < -0.3 is 19.5 Å². The van der Waals surface area contributed by atoms with E-state index < -0.39 is 0 Å². The first-order chi connectivity index (χ1) is 13.6. The topological polar surface area (TPSA) is 93.4 Å². The van der Waals surface area contributed by atoms with Gasteiger partial charge in [-0.15, -0.1) is 0 Å². The molecule has 2 aromatic rings. The number of rotatable bonds is 4. The van der Waals surface area contributed by atoms with Gasteiger partial charge in [0.15, 0.2) is 0 Å². The fourth-order valence-corrected chi connectivity index (χ4v) is 3.76. The maximum Gasteiger partial charge on any atom is 0.317 e. The highest BCUT2D eigenvalue weighted by Gasteiger charge is 2.29. The van der Waals surface area contributed by atoms with Crippen molar-refractivity contribution in [1.29, 1.82) is 0 Å². The summed E-state index contributed by atoms with van der Waals surface area (Å²) in [4.78, 5) is 23.5. The predicted octanol–water partition coefficient (Wildman–Crippen LogP) is 3.16. The highest BCUT2D eigenvalue weighted by Crippen LogP contribution is 2.33. The molecular formula is C20H27N5O3. The monoisotopic (exact) mass is 385 g/mol. The molecule has 0 unspecified atom stereocenters. The van der Waals surface area contributed by atoms with Gasteiger partial charge >= 0.3 is 6.03 Å². The summed E-state index contributed by atoms with van der Waals surface area (Å²) >= 11 is 0. The summed E-state index contributed by atoms with van der Waals surface area (Å²) < 4.78 is 11.1. The van der Waals surface area contributed by atoms with Crippen LogP contribution in [0, 0.1) is 6.92 Å². The van der Waals surface area contributed by atoms with Crippen LogP contribution in [0.4, 0.5) is 4.79 Å². The third kappa shape index (κ3) is 3.61. The van der Waals surface area contributed by atoms with Gasteiger partial charge in [-0.05, 0) is 50.7 Å². The molecule has 28 heavy (non-hydrogen) atoms. The number of carbonyl (C=O) groups excluding carboxylic acids is 1. The fraction of sp³-hybridized carbons (Fsp3) is 0.600. The summed E-state index contributed by atoms with van der Waals surface area (Å²) in [6.07, 6.45) is 5.33. The maximum absolute atomic E-state index is 12.5. The van der Waals surface area contributed by atoms with Crippen molar-refractivity contribution in [2.24, 2.45) is 0 Å². The number of hydrogen-bond acceptors (Lipinski definition) is 6. The molecule has 8 heteroatoms. The van der Waals surface area contributed by atoms with Gasteiger partial charge in [0.2, 0.25) is 5.82 Å². The quantitative estimate of drug-likeness (QED) is 0.869. The van der Waals surface area contributed by atoms with Crippen LogP contribution in [0.3, 0.4) is 0 Å². The lowest BCUT2D eigenvalue weighted by Crippen LogP contribution is -2.45. The Morgan fingerprint density at radius 1 is 1.46 bits per heavy atom. The molecule has 0 aromatic carbocycles. The number of nitrogens with zero attached hydrogens (tertiary/aromatic N) is 4. The largest absolute Gasteiger partial charge is 0.368 e. The number of aromatic nitrogens is 3. The Bertz CT molecular complexity index is 860. The highest BCUT2D eigenvalue weighted by atomic mass is 16.5. The molecule has 2 atom stereocenters. The van der Waals surface area contributed by atoms with E-state index in [1.54, 1.807) is 0 Å². The van der Waals surface area contributed by atoms with Crippen molar-refractivity contribution >= 4 is 6.03 Å². The fourth-order valence-electron chi connectivity index (χ4n) is 3.76. The van der Waals surface area contributed by atoms with Crippen LogP contribution in [0.5, 0.6) is 0 Å². The average molecular weight is 385 g/mol. The second-order valence-electron chi connectivity index (χ2n) is 7.61. The van der Waals surface area contributed by atoms with Gasteiger partial charge in [0.25, 0.3) is 5.89 Å². The van der Waals surface area contributed by atoms with Crippen molar-refractivity contribution < 1.29 is 14.1 Å². The Kier molecular flexibility index (Phi) is 5.30. The smallest absolute Gasteiger partial charge is 0.317 e. The molecule has 2 aromatic heterocycles. The molecule has 4 heterocycles. The number of amides is 2. The van der Waals surface area contributed by atoms with Crippen LogP contribution in [-0.4, -0.2) is 45.2 Å². The van der Waals surface area contributed by atoms with Crippen LogP contribution in [0.2, 0.25) is 0 Å². The molecule has 2 aliphatic rings. The lowest BCUT2D eigenvalue weighted by molar-refractivity contribution is 0.0835. The SMILES string of the molecule is CC[C@H](C)NC(=O)N1CCc2c(cnc(C)c2-c2noc([C@@H]3CCCO3)n2)C1. The third-order valence-corrected chi connectivity index (χ3v) is 5.60. The molecule has 2 aliphatic heterocycles. The van der Waals surface area contributed by atoms with E-state index in [0.717, 1.165) is 54.7 Å². The molecule has 8 nitrogen and oxygen atoms in total. The van der Waals surface area contributed by atoms with Crippen molar-refractivity contribution in [2.75, 3.05) is 13.2 Å². The Balaban J connectivity index is 1.58. The van der Waals surface area contributed by atoms with E-state index >= 15 is 0 Å². The van der Waals surface area contributed by atoms with Crippen LogP contribution in [0.1, 0.15) is 61.9 Å². The molecule has 1 N–H and O–H groups in total. The van der Waals surface area contributed by atoms with Gasteiger partial charge in [-0.25, -0.2) is 4.79 Å². The second-order valence-corrected chi connectivity index (χ2v) is 7.61. The lowest BCUT2D eigenvalue weighted by Gasteiger charge is -2.31. The van der Waals surface area contributed by atoms with Gasteiger partial charge in [-0.1, -0.05) is 12.1 Å². The number of fused-ring (bicyclic) bond motifs is 1. The van der Waals surface area contributed by atoms with Gasteiger partial charge in [0, 0.05) is 43.2 Å². The van der Waals surface area contributed by atoms with E-state index in [1.807, 2.05) is 24.9 Å². The molecule has 150 valence electrons. The highest BCUT2D eigenvalue weighted by molar-refractivity contribution is 5.75. The molecule has 4 rings (SSSR count). The molecule has 0 saturated carbocycles. The molecule has 1 fully saturated rings. The van der Waals surface area contributed by atoms with Crippen LogP contribution in [0.15, 0.2) is 10.7 Å². The van der Waals surface area contributed by atoms with Gasteiger partial charge in [-0.2, -0.15) is 4.98 Å².